The van der Waals surface area contributed by atoms with Crippen molar-refractivity contribution in [3.05, 3.63) is 57.0 Å². The highest BCUT2D eigenvalue weighted by Crippen LogP contribution is 2.36. The van der Waals surface area contributed by atoms with Gasteiger partial charge in [0, 0.05) is 29.7 Å². The van der Waals surface area contributed by atoms with Crippen molar-refractivity contribution in [2.45, 2.75) is 23.9 Å². The predicted octanol–water partition coefficient (Wildman–Crippen LogP) is 5.71. The minimum Gasteiger partial charge on any atom is -0.326 e. The number of sulfonamides is 1. The number of anilines is 1. The summed E-state index contributed by atoms with van der Waals surface area (Å²) in [6.07, 6.45) is -4.26. The average Bonchev–Trinajstić information content (AvgIpc) is 2.70. The van der Waals surface area contributed by atoms with Gasteiger partial charge in [0.2, 0.25) is 15.9 Å². The number of amides is 1. The van der Waals surface area contributed by atoms with E-state index in [1.165, 1.54) is 28.6 Å². The Hall–Kier alpha value is -1.52. The third kappa shape index (κ3) is 5.46. The molecule has 2 aromatic carbocycles. The molecule has 31 heavy (non-hydrogen) atoms. The first-order chi connectivity index (χ1) is 14.4. The lowest BCUT2D eigenvalue weighted by Gasteiger charge is -2.30. The van der Waals surface area contributed by atoms with Gasteiger partial charge in [0.1, 0.15) is 4.90 Å². The van der Waals surface area contributed by atoms with Crippen LogP contribution in [0.1, 0.15) is 18.4 Å². The molecule has 168 valence electrons. The van der Waals surface area contributed by atoms with Crippen LogP contribution in [0.25, 0.3) is 0 Å². The topological polar surface area (TPSA) is 66.5 Å². The molecule has 1 heterocycles. The number of carbonyl (C=O) groups is 1. The normalized spacial score (nSPS) is 16.3. The molecule has 0 aromatic heterocycles. The smallest absolute Gasteiger partial charge is 0.326 e. The van der Waals surface area contributed by atoms with Crippen LogP contribution < -0.4 is 5.32 Å². The third-order valence-corrected chi connectivity index (χ3v) is 7.82. The van der Waals surface area contributed by atoms with Gasteiger partial charge in [-0.3, -0.25) is 4.79 Å². The zero-order chi connectivity index (χ0) is 23.0. The number of rotatable bonds is 4. The van der Waals surface area contributed by atoms with Gasteiger partial charge in [0.15, 0.2) is 0 Å². The number of piperidine rings is 1. The van der Waals surface area contributed by atoms with E-state index in [2.05, 4.69) is 5.32 Å². The van der Waals surface area contributed by atoms with Crippen molar-refractivity contribution >= 4 is 56.4 Å². The molecule has 0 spiro atoms. The van der Waals surface area contributed by atoms with Gasteiger partial charge in [0.25, 0.3) is 0 Å². The second kappa shape index (κ2) is 9.15. The van der Waals surface area contributed by atoms with Gasteiger partial charge >= 0.3 is 6.18 Å². The Morgan fingerprint density at radius 1 is 1.00 bits per heavy atom. The van der Waals surface area contributed by atoms with Crippen LogP contribution in [-0.2, 0) is 21.0 Å². The molecule has 1 amide bonds. The number of alkyl halides is 3. The van der Waals surface area contributed by atoms with Gasteiger partial charge in [-0.05, 0) is 49.2 Å². The van der Waals surface area contributed by atoms with Crippen LogP contribution in [-0.4, -0.2) is 31.7 Å². The molecule has 12 heteroatoms. The summed E-state index contributed by atoms with van der Waals surface area (Å²) in [5.74, 6) is -1.06. The fraction of sp³-hybridized carbons (Fsp3) is 0.316. The summed E-state index contributed by atoms with van der Waals surface area (Å²) < 4.78 is 65.9. The molecule has 2 aromatic rings. The Labute approximate surface area is 192 Å². The molecule has 1 N–H and O–H groups in total. The molecule has 0 saturated carbocycles. The van der Waals surface area contributed by atoms with Gasteiger partial charge in [-0.2, -0.15) is 17.5 Å². The number of halogens is 6. The van der Waals surface area contributed by atoms with Crippen molar-refractivity contribution in [3.8, 4) is 0 Å². The summed E-state index contributed by atoms with van der Waals surface area (Å²) in [6, 6.07) is 7.22. The molecule has 1 saturated heterocycles. The van der Waals surface area contributed by atoms with Crippen LogP contribution in [0, 0.1) is 5.92 Å². The van der Waals surface area contributed by atoms with E-state index in [0.717, 1.165) is 12.1 Å². The monoisotopic (exact) mass is 514 g/mol. The molecular formula is C19H16Cl3F3N2O3S. The molecule has 5 nitrogen and oxygen atoms in total. The lowest BCUT2D eigenvalue weighted by molar-refractivity contribution is -0.137. The number of hydrogen-bond acceptors (Lipinski definition) is 3. The largest absolute Gasteiger partial charge is 0.417 e. The Kier molecular flexibility index (Phi) is 7.12. The summed E-state index contributed by atoms with van der Waals surface area (Å²) in [5.41, 5.74) is -1.09. The molecule has 0 radical (unpaired) electrons. The van der Waals surface area contributed by atoms with Crippen LogP contribution in [0.4, 0.5) is 18.9 Å². The fourth-order valence-corrected chi connectivity index (χ4v) is 5.67. The van der Waals surface area contributed by atoms with E-state index in [-0.39, 0.29) is 46.6 Å². The number of nitrogens with zero attached hydrogens (tertiary/aromatic N) is 1. The van der Waals surface area contributed by atoms with Gasteiger partial charge in [0.05, 0.1) is 15.6 Å². The Balaban J connectivity index is 1.67. The van der Waals surface area contributed by atoms with Crippen LogP contribution in [0.15, 0.2) is 41.3 Å². The molecule has 0 aliphatic carbocycles. The SMILES string of the molecule is O=C(Nc1ccc(Cl)c(C(F)(F)F)c1)C1CCN(S(=O)(=O)c2cc(Cl)ccc2Cl)CC1. The number of hydrogen-bond donors (Lipinski definition) is 1. The average molecular weight is 516 g/mol. The van der Waals surface area contributed by atoms with Crippen molar-refractivity contribution in [1.82, 2.24) is 4.31 Å². The number of carbonyl (C=O) groups excluding carboxylic acids is 1. The van der Waals surface area contributed by atoms with Gasteiger partial charge in [-0.1, -0.05) is 34.8 Å². The number of benzene rings is 2. The molecule has 1 aliphatic rings. The summed E-state index contributed by atoms with van der Waals surface area (Å²) in [6.45, 7) is 0.107. The van der Waals surface area contributed by atoms with E-state index in [4.69, 9.17) is 34.8 Å². The summed E-state index contributed by atoms with van der Waals surface area (Å²) in [7, 11) is -3.90. The molecule has 3 rings (SSSR count). The summed E-state index contributed by atoms with van der Waals surface area (Å²) in [4.78, 5) is 12.4. The van der Waals surface area contributed by atoms with E-state index < -0.39 is 38.6 Å². The van der Waals surface area contributed by atoms with Crippen molar-refractivity contribution < 1.29 is 26.4 Å². The second-order valence-electron chi connectivity index (χ2n) is 6.93. The van der Waals surface area contributed by atoms with Crippen LogP contribution in [0.3, 0.4) is 0 Å². The van der Waals surface area contributed by atoms with Crippen molar-refractivity contribution in [3.63, 3.8) is 0 Å². The first kappa shape index (κ1) is 24.1. The van der Waals surface area contributed by atoms with Crippen LogP contribution in [0.2, 0.25) is 15.1 Å². The van der Waals surface area contributed by atoms with Crippen molar-refractivity contribution in [2.24, 2.45) is 5.92 Å². The second-order valence-corrected chi connectivity index (χ2v) is 10.1. The van der Waals surface area contributed by atoms with Crippen LogP contribution >= 0.6 is 34.8 Å². The highest BCUT2D eigenvalue weighted by atomic mass is 35.5. The quantitative estimate of drug-likeness (QED) is 0.568. The maximum absolute atomic E-state index is 13.0. The molecule has 0 unspecified atom stereocenters. The highest BCUT2D eigenvalue weighted by Gasteiger charge is 2.35. The zero-order valence-corrected chi connectivity index (χ0v) is 18.8. The minimum atomic E-state index is -4.65. The first-order valence-corrected chi connectivity index (χ1v) is 11.6. The predicted molar refractivity (Wildman–Crippen MR) is 113 cm³/mol. The van der Waals surface area contributed by atoms with E-state index >= 15 is 0 Å². The molecule has 0 atom stereocenters. The van der Waals surface area contributed by atoms with E-state index in [0.29, 0.717) is 0 Å². The van der Waals surface area contributed by atoms with Crippen molar-refractivity contribution in [2.75, 3.05) is 18.4 Å². The Morgan fingerprint density at radius 3 is 2.23 bits per heavy atom. The molecule has 1 aliphatic heterocycles. The molecular weight excluding hydrogens is 500 g/mol. The Morgan fingerprint density at radius 2 is 1.61 bits per heavy atom. The highest BCUT2D eigenvalue weighted by molar-refractivity contribution is 7.89. The zero-order valence-electron chi connectivity index (χ0n) is 15.7. The van der Waals surface area contributed by atoms with Gasteiger partial charge < -0.3 is 5.32 Å². The van der Waals surface area contributed by atoms with E-state index in [9.17, 15) is 26.4 Å². The molecule has 0 bridgehead atoms. The first-order valence-electron chi connectivity index (χ1n) is 9.02. The third-order valence-electron chi connectivity index (χ3n) is 4.88. The van der Waals surface area contributed by atoms with Gasteiger partial charge in [-0.25, -0.2) is 8.42 Å². The standard InChI is InChI=1S/C19H16Cl3F3N2O3S/c20-12-1-3-16(22)17(9-12)31(29,30)27-7-5-11(6-8-27)18(28)26-13-2-4-15(21)14(10-13)19(23,24)25/h1-4,9-11H,5-8H2,(H,26,28). The minimum absolute atomic E-state index is 0.0347. The van der Waals surface area contributed by atoms with Crippen molar-refractivity contribution in [1.29, 1.82) is 0 Å². The van der Waals surface area contributed by atoms with E-state index in [1.54, 1.807) is 0 Å². The van der Waals surface area contributed by atoms with E-state index in [1.807, 2.05) is 0 Å². The van der Waals surface area contributed by atoms with Crippen LogP contribution in [0.5, 0.6) is 0 Å². The lowest BCUT2D eigenvalue weighted by atomic mass is 9.97. The Bertz CT molecular complexity index is 1100. The summed E-state index contributed by atoms with van der Waals surface area (Å²) in [5, 5.41) is 2.24. The fourth-order valence-electron chi connectivity index (χ4n) is 3.24. The maximum atomic E-state index is 13.0. The maximum Gasteiger partial charge on any atom is 0.417 e. The van der Waals surface area contributed by atoms with Gasteiger partial charge in [-0.15, -0.1) is 0 Å². The number of nitrogens with one attached hydrogen (secondary N) is 1. The molecule has 1 fully saturated rings. The summed E-state index contributed by atoms with van der Waals surface area (Å²) >= 11 is 17.5. The lowest BCUT2D eigenvalue weighted by Crippen LogP contribution is -2.41.